The van der Waals surface area contributed by atoms with Gasteiger partial charge in [-0.05, 0) is 59.7 Å². The summed E-state index contributed by atoms with van der Waals surface area (Å²) in [5.41, 5.74) is 3.16. The van der Waals surface area contributed by atoms with Crippen LogP contribution in [0.2, 0.25) is 0 Å². The Hall–Kier alpha value is -3.38. The third kappa shape index (κ3) is 4.86. The first kappa shape index (κ1) is 20.9. The van der Waals surface area contributed by atoms with Crippen molar-refractivity contribution in [3.05, 3.63) is 106 Å². The Balaban J connectivity index is 1.48. The Kier molecular flexibility index (Phi) is 6.18. The first-order chi connectivity index (χ1) is 15.0. The zero-order valence-corrected chi connectivity index (χ0v) is 17.7. The average Bonchev–Trinajstić information content (AvgIpc) is 3.02. The van der Waals surface area contributed by atoms with Gasteiger partial charge in [0.15, 0.2) is 0 Å². The number of aryl methyl sites for hydroxylation is 1. The van der Waals surface area contributed by atoms with Gasteiger partial charge in [0.05, 0.1) is 11.4 Å². The second-order valence-corrected chi connectivity index (χ2v) is 8.14. The molecule has 4 nitrogen and oxygen atoms in total. The van der Waals surface area contributed by atoms with Gasteiger partial charge in [0, 0.05) is 5.56 Å². The van der Waals surface area contributed by atoms with Crippen molar-refractivity contribution in [2.75, 3.05) is 0 Å². The summed E-state index contributed by atoms with van der Waals surface area (Å²) in [5.74, 6) is -0.0759. The summed E-state index contributed by atoms with van der Waals surface area (Å²) in [4.78, 5) is 26.9. The highest BCUT2D eigenvalue weighted by atomic mass is 32.2. The number of rotatable bonds is 6. The molecule has 0 bridgehead atoms. The number of carbonyl (C=O) groups excluding carboxylic acids is 2. The van der Waals surface area contributed by atoms with E-state index >= 15 is 0 Å². The number of amides is 2. The van der Waals surface area contributed by atoms with Gasteiger partial charge in [-0.3, -0.25) is 14.5 Å². The van der Waals surface area contributed by atoms with Crippen molar-refractivity contribution in [1.29, 1.82) is 0 Å². The highest BCUT2D eigenvalue weighted by Gasteiger charge is 2.35. The average molecular weight is 434 g/mol. The van der Waals surface area contributed by atoms with E-state index in [1.807, 2.05) is 37.3 Å². The molecule has 1 aliphatic heterocycles. The predicted molar refractivity (Wildman–Crippen MR) is 120 cm³/mol. The largest absolute Gasteiger partial charge is 0.489 e. The van der Waals surface area contributed by atoms with Crippen LogP contribution >= 0.6 is 11.8 Å². The molecule has 2 amide bonds. The van der Waals surface area contributed by atoms with Crippen LogP contribution in [0.3, 0.4) is 0 Å². The lowest BCUT2D eigenvalue weighted by molar-refractivity contribution is -0.123. The Labute approximate surface area is 184 Å². The van der Waals surface area contributed by atoms with Gasteiger partial charge in [-0.2, -0.15) is 0 Å². The number of imide groups is 1. The van der Waals surface area contributed by atoms with Crippen LogP contribution in [0, 0.1) is 12.7 Å². The molecule has 6 heteroatoms. The minimum absolute atomic E-state index is 0.100. The molecule has 1 aliphatic rings. The zero-order valence-electron chi connectivity index (χ0n) is 16.9. The molecule has 3 aromatic carbocycles. The molecule has 156 valence electrons. The fourth-order valence-corrected chi connectivity index (χ4v) is 4.05. The molecule has 0 aromatic heterocycles. The SMILES string of the molecule is Cc1ccccc1CN1C(=O)S/C(=C\c2cccc(OCc3ccccc3F)c2)C1=O. The normalized spacial score (nSPS) is 15.0. The van der Waals surface area contributed by atoms with Crippen molar-refractivity contribution in [2.24, 2.45) is 0 Å². The van der Waals surface area contributed by atoms with Gasteiger partial charge in [0.25, 0.3) is 11.1 Å². The van der Waals surface area contributed by atoms with Crippen LogP contribution in [0.5, 0.6) is 5.75 Å². The molecular weight excluding hydrogens is 413 g/mol. The highest BCUT2D eigenvalue weighted by Crippen LogP contribution is 2.34. The van der Waals surface area contributed by atoms with E-state index in [0.29, 0.717) is 16.2 Å². The monoisotopic (exact) mass is 433 g/mol. The number of hydrogen-bond acceptors (Lipinski definition) is 4. The Morgan fingerprint density at radius 3 is 2.48 bits per heavy atom. The summed E-state index contributed by atoms with van der Waals surface area (Å²) in [6.45, 7) is 2.31. The number of halogens is 1. The second kappa shape index (κ2) is 9.18. The van der Waals surface area contributed by atoms with E-state index in [4.69, 9.17) is 4.74 Å². The van der Waals surface area contributed by atoms with Crippen molar-refractivity contribution < 1.29 is 18.7 Å². The summed E-state index contributed by atoms with van der Waals surface area (Å²) >= 11 is 0.928. The molecule has 4 rings (SSSR count). The lowest BCUT2D eigenvalue weighted by atomic mass is 10.1. The lowest BCUT2D eigenvalue weighted by Crippen LogP contribution is -2.27. The van der Waals surface area contributed by atoms with Crippen LogP contribution in [-0.2, 0) is 17.9 Å². The van der Waals surface area contributed by atoms with Crippen LogP contribution in [-0.4, -0.2) is 16.0 Å². The van der Waals surface area contributed by atoms with Gasteiger partial charge in [0.2, 0.25) is 0 Å². The summed E-state index contributed by atoms with van der Waals surface area (Å²) < 4.78 is 19.5. The van der Waals surface area contributed by atoms with Crippen LogP contribution in [0.4, 0.5) is 9.18 Å². The number of hydrogen-bond donors (Lipinski definition) is 0. The fraction of sp³-hybridized carbons (Fsp3) is 0.120. The molecule has 31 heavy (non-hydrogen) atoms. The fourth-order valence-electron chi connectivity index (χ4n) is 3.22. The molecule has 0 aliphatic carbocycles. The second-order valence-electron chi connectivity index (χ2n) is 7.15. The maximum absolute atomic E-state index is 13.8. The Bertz CT molecular complexity index is 1170. The van der Waals surface area contributed by atoms with E-state index in [1.54, 1.807) is 42.5 Å². The van der Waals surface area contributed by atoms with Crippen LogP contribution in [0.1, 0.15) is 22.3 Å². The summed E-state index contributed by atoms with van der Waals surface area (Å²) in [6.07, 6.45) is 1.68. The molecule has 1 fully saturated rings. The van der Waals surface area contributed by atoms with Gasteiger partial charge >= 0.3 is 0 Å². The molecule has 0 spiro atoms. The quantitative estimate of drug-likeness (QED) is 0.451. The van der Waals surface area contributed by atoms with E-state index in [9.17, 15) is 14.0 Å². The number of ether oxygens (including phenoxy) is 1. The molecular formula is C25H20FNO3S. The zero-order chi connectivity index (χ0) is 21.8. The van der Waals surface area contributed by atoms with Gasteiger partial charge in [-0.25, -0.2) is 4.39 Å². The van der Waals surface area contributed by atoms with Gasteiger partial charge < -0.3 is 4.74 Å². The predicted octanol–water partition coefficient (Wildman–Crippen LogP) is 5.95. The molecule has 0 radical (unpaired) electrons. The minimum atomic E-state index is -0.319. The molecule has 3 aromatic rings. The Morgan fingerprint density at radius 2 is 1.71 bits per heavy atom. The summed E-state index contributed by atoms with van der Waals surface area (Å²) in [5, 5.41) is -0.286. The van der Waals surface area contributed by atoms with Gasteiger partial charge in [-0.15, -0.1) is 0 Å². The van der Waals surface area contributed by atoms with Crippen molar-refractivity contribution in [2.45, 2.75) is 20.1 Å². The van der Waals surface area contributed by atoms with Crippen molar-refractivity contribution in [1.82, 2.24) is 4.90 Å². The van der Waals surface area contributed by atoms with Crippen molar-refractivity contribution in [3.8, 4) is 5.75 Å². The van der Waals surface area contributed by atoms with E-state index in [0.717, 1.165) is 28.5 Å². The standard InChI is InChI=1S/C25H20FNO3S/c1-17-7-2-3-9-19(17)15-27-24(28)23(31-25(27)29)14-18-8-6-11-21(13-18)30-16-20-10-4-5-12-22(20)26/h2-14H,15-16H2,1H3/b23-14-. The maximum Gasteiger partial charge on any atom is 0.293 e. The van der Waals surface area contributed by atoms with Crippen molar-refractivity contribution >= 4 is 29.0 Å². The van der Waals surface area contributed by atoms with Crippen molar-refractivity contribution in [3.63, 3.8) is 0 Å². The third-order valence-corrected chi connectivity index (χ3v) is 5.88. The first-order valence-electron chi connectivity index (χ1n) is 9.77. The molecule has 1 heterocycles. The van der Waals surface area contributed by atoms with Crippen LogP contribution < -0.4 is 4.74 Å². The Morgan fingerprint density at radius 1 is 0.968 bits per heavy atom. The maximum atomic E-state index is 13.8. The molecule has 1 saturated heterocycles. The van der Waals surface area contributed by atoms with E-state index in [2.05, 4.69) is 0 Å². The molecule has 0 saturated carbocycles. The van der Waals surface area contributed by atoms with E-state index < -0.39 is 0 Å². The molecule has 0 unspecified atom stereocenters. The lowest BCUT2D eigenvalue weighted by Gasteiger charge is -2.14. The number of carbonyl (C=O) groups is 2. The number of benzene rings is 3. The topological polar surface area (TPSA) is 46.6 Å². The van der Waals surface area contributed by atoms with Gasteiger partial charge in [0.1, 0.15) is 18.2 Å². The molecule has 0 atom stereocenters. The molecule has 0 N–H and O–H groups in total. The highest BCUT2D eigenvalue weighted by molar-refractivity contribution is 8.18. The van der Waals surface area contributed by atoms with Crippen LogP contribution in [0.25, 0.3) is 6.08 Å². The first-order valence-corrected chi connectivity index (χ1v) is 10.6. The minimum Gasteiger partial charge on any atom is -0.489 e. The smallest absolute Gasteiger partial charge is 0.293 e. The summed E-state index contributed by atoms with van der Waals surface area (Å²) in [6, 6.07) is 21.3. The van der Waals surface area contributed by atoms with Gasteiger partial charge in [-0.1, -0.05) is 54.6 Å². The van der Waals surface area contributed by atoms with E-state index in [-0.39, 0.29) is 30.1 Å². The van der Waals surface area contributed by atoms with Crippen LogP contribution in [0.15, 0.2) is 77.7 Å². The number of thioether (sulfide) groups is 1. The van der Waals surface area contributed by atoms with E-state index in [1.165, 1.54) is 11.0 Å². The summed E-state index contributed by atoms with van der Waals surface area (Å²) in [7, 11) is 0. The third-order valence-electron chi connectivity index (χ3n) is 4.97. The number of nitrogens with zero attached hydrogens (tertiary/aromatic N) is 1.